The monoisotopic (exact) mass is 577 g/mol. The highest BCUT2D eigenvalue weighted by atomic mass is 16.4. The number of rotatable bonds is 12. The average Bonchev–Trinajstić information content (AvgIpc) is 3.00. The van der Waals surface area contributed by atoms with Gasteiger partial charge in [-0.1, -0.05) is 76.4 Å². The zero-order valence-corrected chi connectivity index (χ0v) is 24.8. The predicted octanol–water partition coefficient (Wildman–Crippen LogP) is 3.87. The summed E-state index contributed by atoms with van der Waals surface area (Å²) in [7, 11) is 0. The van der Waals surface area contributed by atoms with Gasteiger partial charge in [0.05, 0.1) is 11.7 Å². The summed E-state index contributed by atoms with van der Waals surface area (Å²) >= 11 is 0. The van der Waals surface area contributed by atoms with Gasteiger partial charge in [0, 0.05) is 37.3 Å². The van der Waals surface area contributed by atoms with Crippen molar-refractivity contribution in [1.82, 2.24) is 15.1 Å². The van der Waals surface area contributed by atoms with E-state index in [-0.39, 0.29) is 29.1 Å². The first-order chi connectivity index (χ1) is 20.1. The number of piperidine rings is 1. The molecule has 1 spiro atoms. The van der Waals surface area contributed by atoms with Crippen LogP contribution in [0.4, 0.5) is 0 Å². The number of amides is 2. The molecular formula is C33H43N3O6. The number of benzene rings is 2. The quantitative estimate of drug-likeness (QED) is 0.327. The van der Waals surface area contributed by atoms with Crippen LogP contribution in [0.3, 0.4) is 0 Å². The van der Waals surface area contributed by atoms with Crippen molar-refractivity contribution in [3.63, 3.8) is 0 Å². The third kappa shape index (κ3) is 6.42. The van der Waals surface area contributed by atoms with Crippen LogP contribution < -0.4 is 5.32 Å². The number of nitrogens with zero attached hydrogens (tertiary/aromatic N) is 2. The van der Waals surface area contributed by atoms with E-state index < -0.39 is 23.7 Å². The van der Waals surface area contributed by atoms with E-state index >= 15 is 0 Å². The molecule has 226 valence electrons. The van der Waals surface area contributed by atoms with Crippen molar-refractivity contribution >= 4 is 23.6 Å². The number of aliphatic hydroxyl groups excluding tert-OH is 1. The van der Waals surface area contributed by atoms with Gasteiger partial charge >= 0.3 is 5.97 Å². The van der Waals surface area contributed by atoms with Crippen LogP contribution in [0.25, 0.3) is 0 Å². The first-order valence-corrected chi connectivity index (χ1v) is 15.1. The largest absolute Gasteiger partial charge is 0.478 e. The van der Waals surface area contributed by atoms with Crippen molar-refractivity contribution < 1.29 is 29.4 Å². The highest BCUT2D eigenvalue weighted by molar-refractivity contribution is 6.09. The normalized spacial score (nSPS) is 19.6. The van der Waals surface area contributed by atoms with Crippen molar-refractivity contribution in [3.8, 4) is 0 Å². The number of aromatic carboxylic acids is 1. The third-order valence-corrected chi connectivity index (χ3v) is 9.07. The zero-order chi connectivity index (χ0) is 30.4. The molecule has 0 saturated carbocycles. The maximum Gasteiger partial charge on any atom is 0.335 e. The van der Waals surface area contributed by atoms with Gasteiger partial charge in [-0.2, -0.15) is 0 Å². The number of carboxylic acid groups (broad SMARTS) is 1. The second kappa shape index (κ2) is 13.6. The molecule has 9 nitrogen and oxygen atoms in total. The molecule has 2 aromatic carbocycles. The minimum absolute atomic E-state index is 0.0534. The van der Waals surface area contributed by atoms with E-state index in [1.54, 1.807) is 17.0 Å². The fraction of sp³-hybridized carbons (Fsp3) is 0.515. The Bertz CT molecular complexity index is 1260. The number of ketones is 1. The zero-order valence-electron chi connectivity index (χ0n) is 24.8. The molecule has 42 heavy (non-hydrogen) atoms. The molecule has 2 aromatic rings. The summed E-state index contributed by atoms with van der Waals surface area (Å²) in [6, 6.07) is 12.4. The third-order valence-electron chi connectivity index (χ3n) is 9.07. The van der Waals surface area contributed by atoms with Gasteiger partial charge in [-0.15, -0.1) is 0 Å². The molecule has 2 atom stereocenters. The van der Waals surface area contributed by atoms with Crippen LogP contribution in [0.2, 0.25) is 0 Å². The number of hydrogen-bond acceptors (Lipinski definition) is 6. The summed E-state index contributed by atoms with van der Waals surface area (Å²) in [5.74, 6) is -1.60. The minimum atomic E-state index is -1.04. The second-order valence-electron chi connectivity index (χ2n) is 11.6. The maximum absolute atomic E-state index is 13.7. The Balaban J connectivity index is 1.41. The van der Waals surface area contributed by atoms with E-state index in [2.05, 4.69) is 17.1 Å². The van der Waals surface area contributed by atoms with Gasteiger partial charge in [0.25, 0.3) is 0 Å². The summed E-state index contributed by atoms with van der Waals surface area (Å²) in [6.07, 6.45) is 3.31. The predicted molar refractivity (Wildman–Crippen MR) is 159 cm³/mol. The van der Waals surface area contributed by atoms with Crippen molar-refractivity contribution in [2.75, 3.05) is 19.6 Å². The molecule has 2 fully saturated rings. The number of hydrogen-bond donors (Lipinski definition) is 3. The molecule has 2 aliphatic heterocycles. The van der Waals surface area contributed by atoms with E-state index in [4.69, 9.17) is 5.11 Å². The van der Waals surface area contributed by atoms with Gasteiger partial charge in [0.15, 0.2) is 5.78 Å². The van der Waals surface area contributed by atoms with Crippen LogP contribution in [0.5, 0.6) is 0 Å². The van der Waals surface area contributed by atoms with Crippen molar-refractivity contribution in [2.24, 2.45) is 5.92 Å². The molecule has 0 aliphatic carbocycles. The average molecular weight is 578 g/mol. The van der Waals surface area contributed by atoms with Crippen molar-refractivity contribution in [1.29, 1.82) is 0 Å². The van der Waals surface area contributed by atoms with E-state index in [1.165, 1.54) is 24.3 Å². The molecule has 2 aliphatic rings. The van der Waals surface area contributed by atoms with Gasteiger partial charge in [0.2, 0.25) is 11.8 Å². The summed E-state index contributed by atoms with van der Waals surface area (Å²) in [5, 5.41) is 23.0. The lowest BCUT2D eigenvalue weighted by Gasteiger charge is -2.52. The van der Waals surface area contributed by atoms with Crippen LogP contribution in [-0.2, 0) is 16.1 Å². The van der Waals surface area contributed by atoms with Gasteiger partial charge in [-0.25, -0.2) is 4.79 Å². The van der Waals surface area contributed by atoms with E-state index in [9.17, 15) is 24.3 Å². The molecular weight excluding hydrogens is 534 g/mol. The van der Waals surface area contributed by atoms with Gasteiger partial charge in [-0.3, -0.25) is 19.3 Å². The van der Waals surface area contributed by atoms with E-state index in [0.717, 1.165) is 31.2 Å². The Morgan fingerprint density at radius 2 is 1.48 bits per heavy atom. The Labute approximate surface area is 247 Å². The van der Waals surface area contributed by atoms with Crippen molar-refractivity contribution in [2.45, 2.75) is 83.5 Å². The molecule has 0 aromatic heterocycles. The van der Waals surface area contributed by atoms with Crippen LogP contribution >= 0.6 is 0 Å². The minimum Gasteiger partial charge on any atom is -0.478 e. The number of nitrogens with one attached hydrogen (secondary N) is 1. The number of aliphatic hydroxyl groups is 1. The summed E-state index contributed by atoms with van der Waals surface area (Å²) in [4.78, 5) is 55.3. The lowest BCUT2D eigenvalue weighted by molar-refractivity contribution is -0.165. The fourth-order valence-corrected chi connectivity index (χ4v) is 6.28. The lowest BCUT2D eigenvalue weighted by atomic mass is 9.79. The SMILES string of the molecule is CCCCN1C(=O)[C@@H]([C@H](O)C(CC)CC)NC(=O)C12CCN(Cc1ccc(C(=O)c3ccc(C(=O)O)cc3)cc1)CC2. The maximum atomic E-state index is 13.7. The molecule has 3 N–H and O–H groups in total. The van der Waals surface area contributed by atoms with Crippen LogP contribution in [-0.4, -0.2) is 80.9 Å². The van der Waals surface area contributed by atoms with Gasteiger partial charge in [-0.05, 0) is 42.9 Å². The summed E-state index contributed by atoms with van der Waals surface area (Å²) < 4.78 is 0. The summed E-state index contributed by atoms with van der Waals surface area (Å²) in [6.45, 7) is 8.48. The molecule has 2 heterocycles. The number of piperazine rings is 1. The Morgan fingerprint density at radius 1 is 0.929 bits per heavy atom. The molecule has 0 bridgehead atoms. The van der Waals surface area contributed by atoms with Gasteiger partial charge in [0.1, 0.15) is 11.6 Å². The highest BCUT2D eigenvalue weighted by Gasteiger charge is 2.55. The number of carbonyl (C=O) groups excluding carboxylic acids is 3. The van der Waals surface area contributed by atoms with Gasteiger partial charge < -0.3 is 20.4 Å². The molecule has 0 radical (unpaired) electrons. The molecule has 9 heteroatoms. The lowest BCUT2D eigenvalue weighted by Crippen LogP contribution is -2.75. The number of unbranched alkanes of at least 4 members (excludes halogenated alkanes) is 1. The molecule has 0 unspecified atom stereocenters. The molecule has 4 rings (SSSR count). The standard InChI is InChI=1S/C33H43N3O6/c1-4-7-18-36-30(39)27(29(38)23(5-2)6-3)34-32(42)33(36)16-19-35(20-17-33)21-22-8-10-24(11-9-22)28(37)25-12-14-26(15-13-25)31(40)41/h8-15,23,27,29,38H,4-7,16-21H2,1-3H3,(H,34,42)(H,40,41)/t27-,29-/m1/s1. The number of carboxylic acids is 1. The van der Waals surface area contributed by atoms with Crippen LogP contribution in [0.15, 0.2) is 48.5 Å². The van der Waals surface area contributed by atoms with E-state index in [0.29, 0.717) is 50.1 Å². The Hall–Kier alpha value is -3.56. The fourth-order valence-electron chi connectivity index (χ4n) is 6.28. The smallest absolute Gasteiger partial charge is 0.335 e. The first-order valence-electron chi connectivity index (χ1n) is 15.1. The van der Waals surface area contributed by atoms with Crippen LogP contribution in [0.1, 0.15) is 91.1 Å². The molecule has 2 saturated heterocycles. The van der Waals surface area contributed by atoms with Crippen LogP contribution in [0, 0.1) is 5.92 Å². The first kappa shape index (κ1) is 31.4. The Morgan fingerprint density at radius 3 is 2.00 bits per heavy atom. The Kier molecular flexibility index (Phi) is 10.2. The van der Waals surface area contributed by atoms with Crippen molar-refractivity contribution in [3.05, 3.63) is 70.8 Å². The number of likely N-dealkylation sites (tertiary alicyclic amines) is 1. The highest BCUT2D eigenvalue weighted by Crippen LogP contribution is 2.35. The molecule has 2 amide bonds. The topological polar surface area (TPSA) is 127 Å². The summed E-state index contributed by atoms with van der Waals surface area (Å²) in [5.41, 5.74) is 1.21. The second-order valence-corrected chi connectivity index (χ2v) is 11.6. The number of carbonyl (C=O) groups is 4. The van der Waals surface area contributed by atoms with E-state index in [1.807, 2.05) is 26.0 Å².